The summed E-state index contributed by atoms with van der Waals surface area (Å²) in [5.41, 5.74) is 2.35. The number of anilines is 1. The number of nitrogens with zero attached hydrogens (tertiary/aromatic N) is 1. The minimum absolute atomic E-state index is 0.0468. The highest BCUT2D eigenvalue weighted by Crippen LogP contribution is 2.23. The third kappa shape index (κ3) is 2.64. The molecule has 3 heteroatoms. The summed E-state index contributed by atoms with van der Waals surface area (Å²) in [6.07, 6.45) is 0. The normalized spacial score (nSPS) is 10.0. The zero-order valence-electron chi connectivity index (χ0n) is 8.95. The molecular formula is C11H17NO2. The Morgan fingerprint density at radius 2 is 2.07 bits per heavy atom. The Hall–Kier alpha value is -1.22. The molecule has 0 bridgehead atoms. The average Bonchev–Trinajstić information content (AvgIpc) is 2.16. The smallest absolute Gasteiger partial charge is 0.121 e. The molecule has 0 heterocycles. The Balaban J connectivity index is 2.83. The number of hydrogen-bond donors (Lipinski definition) is 1. The van der Waals surface area contributed by atoms with Crippen molar-refractivity contribution in [3.8, 4) is 5.75 Å². The summed E-state index contributed by atoms with van der Waals surface area (Å²) < 4.78 is 5.32. The molecule has 0 fully saturated rings. The van der Waals surface area contributed by atoms with E-state index in [0.29, 0.717) is 6.61 Å². The van der Waals surface area contributed by atoms with Gasteiger partial charge < -0.3 is 14.7 Å². The Bertz CT molecular complexity index is 297. The van der Waals surface area contributed by atoms with E-state index in [1.807, 2.05) is 37.2 Å². The van der Waals surface area contributed by atoms with Crippen LogP contribution in [0, 0.1) is 6.92 Å². The van der Waals surface area contributed by atoms with Gasteiger partial charge in [0.1, 0.15) is 12.4 Å². The fourth-order valence-corrected chi connectivity index (χ4v) is 1.32. The van der Waals surface area contributed by atoms with Crippen molar-refractivity contribution < 1.29 is 9.84 Å². The van der Waals surface area contributed by atoms with Crippen LogP contribution in [0.4, 0.5) is 5.69 Å². The van der Waals surface area contributed by atoms with Gasteiger partial charge in [0.05, 0.1) is 6.61 Å². The molecule has 0 aliphatic carbocycles. The fraction of sp³-hybridized carbons (Fsp3) is 0.455. The molecule has 1 N–H and O–H groups in total. The van der Waals surface area contributed by atoms with E-state index in [9.17, 15) is 0 Å². The van der Waals surface area contributed by atoms with Gasteiger partial charge in [-0.05, 0) is 18.6 Å². The average molecular weight is 195 g/mol. The molecule has 0 saturated carbocycles. The minimum atomic E-state index is 0.0468. The van der Waals surface area contributed by atoms with Crippen LogP contribution < -0.4 is 9.64 Å². The lowest BCUT2D eigenvalue weighted by atomic mass is 10.2. The van der Waals surface area contributed by atoms with Crippen LogP contribution in [0.15, 0.2) is 18.2 Å². The maximum atomic E-state index is 8.63. The molecule has 1 aromatic carbocycles. The monoisotopic (exact) mass is 195 g/mol. The molecule has 0 aliphatic heterocycles. The maximum absolute atomic E-state index is 8.63. The molecule has 78 valence electrons. The summed E-state index contributed by atoms with van der Waals surface area (Å²) in [4.78, 5) is 2.04. The largest absolute Gasteiger partial charge is 0.491 e. The van der Waals surface area contributed by atoms with Gasteiger partial charge in [-0.25, -0.2) is 0 Å². The van der Waals surface area contributed by atoms with E-state index < -0.39 is 0 Å². The first-order valence-electron chi connectivity index (χ1n) is 4.67. The van der Waals surface area contributed by atoms with Gasteiger partial charge in [0.25, 0.3) is 0 Å². The van der Waals surface area contributed by atoms with Gasteiger partial charge in [-0.2, -0.15) is 0 Å². The van der Waals surface area contributed by atoms with Crippen LogP contribution in [0.3, 0.4) is 0 Å². The maximum Gasteiger partial charge on any atom is 0.121 e. The molecule has 0 aromatic heterocycles. The highest BCUT2D eigenvalue weighted by molar-refractivity contribution is 5.55. The van der Waals surface area contributed by atoms with Gasteiger partial charge in [-0.1, -0.05) is 6.07 Å². The lowest BCUT2D eigenvalue weighted by Crippen LogP contribution is -2.10. The molecule has 0 unspecified atom stereocenters. The lowest BCUT2D eigenvalue weighted by Gasteiger charge is -2.16. The summed E-state index contributed by atoms with van der Waals surface area (Å²) in [6.45, 7) is 2.45. The Kier molecular flexibility index (Phi) is 3.77. The summed E-state index contributed by atoms with van der Waals surface area (Å²) in [5, 5.41) is 8.63. The fourth-order valence-electron chi connectivity index (χ4n) is 1.32. The SMILES string of the molecule is Cc1ccc(OCCO)cc1N(C)C. The first kappa shape index (κ1) is 10.9. The molecule has 0 spiro atoms. The molecule has 1 rings (SSSR count). The Morgan fingerprint density at radius 1 is 1.36 bits per heavy atom. The van der Waals surface area contributed by atoms with Crippen molar-refractivity contribution in [2.75, 3.05) is 32.2 Å². The molecule has 3 nitrogen and oxygen atoms in total. The number of aliphatic hydroxyl groups excluding tert-OH is 1. The van der Waals surface area contributed by atoms with Crippen LogP contribution in [0.1, 0.15) is 5.56 Å². The van der Waals surface area contributed by atoms with E-state index in [2.05, 4.69) is 6.92 Å². The zero-order valence-corrected chi connectivity index (χ0v) is 8.95. The van der Waals surface area contributed by atoms with E-state index in [4.69, 9.17) is 9.84 Å². The van der Waals surface area contributed by atoms with Gasteiger partial charge in [0, 0.05) is 25.8 Å². The number of aliphatic hydroxyl groups is 1. The highest BCUT2D eigenvalue weighted by Gasteiger charge is 2.02. The Labute approximate surface area is 84.9 Å². The second-order valence-electron chi connectivity index (χ2n) is 3.41. The van der Waals surface area contributed by atoms with Gasteiger partial charge in [-0.15, -0.1) is 0 Å². The molecule has 0 radical (unpaired) electrons. The molecule has 14 heavy (non-hydrogen) atoms. The predicted molar refractivity (Wildman–Crippen MR) is 58.1 cm³/mol. The summed E-state index contributed by atoms with van der Waals surface area (Å²) >= 11 is 0. The van der Waals surface area contributed by atoms with Crippen molar-refractivity contribution in [2.24, 2.45) is 0 Å². The van der Waals surface area contributed by atoms with Crippen LogP contribution >= 0.6 is 0 Å². The second kappa shape index (κ2) is 4.86. The first-order chi connectivity index (χ1) is 6.65. The molecular weight excluding hydrogens is 178 g/mol. The van der Waals surface area contributed by atoms with Gasteiger partial charge in [0.15, 0.2) is 0 Å². The molecule has 0 saturated heterocycles. The van der Waals surface area contributed by atoms with Gasteiger partial charge >= 0.3 is 0 Å². The van der Waals surface area contributed by atoms with E-state index >= 15 is 0 Å². The van der Waals surface area contributed by atoms with Crippen molar-refractivity contribution >= 4 is 5.69 Å². The van der Waals surface area contributed by atoms with Crippen LogP contribution in [0.2, 0.25) is 0 Å². The Morgan fingerprint density at radius 3 is 2.64 bits per heavy atom. The van der Waals surface area contributed by atoms with Crippen molar-refractivity contribution in [2.45, 2.75) is 6.92 Å². The molecule has 1 aromatic rings. The van der Waals surface area contributed by atoms with Crippen molar-refractivity contribution in [1.82, 2.24) is 0 Å². The second-order valence-corrected chi connectivity index (χ2v) is 3.41. The highest BCUT2D eigenvalue weighted by atomic mass is 16.5. The number of ether oxygens (including phenoxy) is 1. The van der Waals surface area contributed by atoms with E-state index in [1.54, 1.807) is 0 Å². The van der Waals surface area contributed by atoms with E-state index in [-0.39, 0.29) is 6.61 Å². The van der Waals surface area contributed by atoms with Crippen LogP contribution in [0.5, 0.6) is 5.75 Å². The molecule has 0 atom stereocenters. The standard InChI is InChI=1S/C11H17NO2/c1-9-4-5-10(14-7-6-13)8-11(9)12(2)3/h4-5,8,13H,6-7H2,1-3H3. The van der Waals surface area contributed by atoms with Crippen molar-refractivity contribution in [1.29, 1.82) is 0 Å². The van der Waals surface area contributed by atoms with Gasteiger partial charge in [0.2, 0.25) is 0 Å². The van der Waals surface area contributed by atoms with E-state index in [1.165, 1.54) is 5.56 Å². The van der Waals surface area contributed by atoms with Crippen LogP contribution in [-0.4, -0.2) is 32.4 Å². The summed E-state index contributed by atoms with van der Waals surface area (Å²) in [6, 6.07) is 5.91. The van der Waals surface area contributed by atoms with Crippen LogP contribution in [0.25, 0.3) is 0 Å². The summed E-state index contributed by atoms with van der Waals surface area (Å²) in [7, 11) is 4.00. The predicted octanol–water partition coefficient (Wildman–Crippen LogP) is 1.43. The van der Waals surface area contributed by atoms with E-state index in [0.717, 1.165) is 11.4 Å². The number of hydrogen-bond acceptors (Lipinski definition) is 3. The minimum Gasteiger partial charge on any atom is -0.491 e. The molecule has 0 aliphatic rings. The topological polar surface area (TPSA) is 32.7 Å². The van der Waals surface area contributed by atoms with Crippen LogP contribution in [-0.2, 0) is 0 Å². The third-order valence-corrected chi connectivity index (χ3v) is 2.02. The molecule has 0 amide bonds. The number of aryl methyl sites for hydroxylation is 1. The zero-order chi connectivity index (χ0) is 10.6. The summed E-state index contributed by atoms with van der Waals surface area (Å²) in [5.74, 6) is 0.799. The van der Waals surface area contributed by atoms with Gasteiger partial charge in [-0.3, -0.25) is 0 Å². The van der Waals surface area contributed by atoms with Crippen molar-refractivity contribution in [3.05, 3.63) is 23.8 Å². The number of rotatable bonds is 4. The first-order valence-corrected chi connectivity index (χ1v) is 4.67. The lowest BCUT2D eigenvalue weighted by molar-refractivity contribution is 0.201. The third-order valence-electron chi connectivity index (χ3n) is 2.02. The quantitative estimate of drug-likeness (QED) is 0.789. The number of benzene rings is 1. The van der Waals surface area contributed by atoms with Crippen molar-refractivity contribution in [3.63, 3.8) is 0 Å².